The molecule has 4 rings (SSSR count). The highest BCUT2D eigenvalue weighted by molar-refractivity contribution is 7.89. The second-order valence-corrected chi connectivity index (χ2v) is 8.21. The molecule has 0 bridgehead atoms. The van der Waals surface area contributed by atoms with Gasteiger partial charge in [-0.05, 0) is 19.1 Å². The SMILES string of the molecule is CCOc1ccccc1S(=O)(=O)N1CC(n2cc(-c3ccccc3)nn2)C1. The van der Waals surface area contributed by atoms with Crippen molar-refractivity contribution in [2.24, 2.45) is 0 Å². The van der Waals surface area contributed by atoms with Crippen molar-refractivity contribution >= 4 is 10.0 Å². The van der Waals surface area contributed by atoms with Crippen LogP contribution >= 0.6 is 0 Å². The van der Waals surface area contributed by atoms with Gasteiger partial charge in [0.05, 0.1) is 18.8 Å². The van der Waals surface area contributed by atoms with Gasteiger partial charge in [0.15, 0.2) is 0 Å². The van der Waals surface area contributed by atoms with Crippen molar-refractivity contribution in [2.75, 3.05) is 19.7 Å². The van der Waals surface area contributed by atoms with Crippen LogP contribution in [0.1, 0.15) is 13.0 Å². The highest BCUT2D eigenvalue weighted by Gasteiger charge is 2.39. The standard InChI is InChI=1S/C19H20N4O3S/c1-2-26-18-10-6-7-11-19(18)27(24,25)22-12-16(13-22)23-14-17(20-21-23)15-8-4-3-5-9-15/h3-11,14,16H,2,12-13H2,1H3. The predicted molar refractivity (Wildman–Crippen MR) is 101 cm³/mol. The fourth-order valence-corrected chi connectivity index (χ4v) is 4.70. The predicted octanol–water partition coefficient (Wildman–Crippen LogP) is 2.59. The summed E-state index contributed by atoms with van der Waals surface area (Å²) in [5.74, 6) is 0.385. The van der Waals surface area contributed by atoms with E-state index in [0.29, 0.717) is 25.4 Å². The molecule has 1 aromatic heterocycles. The van der Waals surface area contributed by atoms with Crippen LogP contribution in [0.25, 0.3) is 11.3 Å². The van der Waals surface area contributed by atoms with Gasteiger partial charge in [-0.25, -0.2) is 13.1 Å². The fourth-order valence-electron chi connectivity index (χ4n) is 3.05. The molecule has 0 saturated carbocycles. The van der Waals surface area contributed by atoms with Crippen molar-refractivity contribution in [1.29, 1.82) is 0 Å². The number of hydrogen-bond donors (Lipinski definition) is 0. The topological polar surface area (TPSA) is 77.3 Å². The van der Waals surface area contributed by atoms with E-state index in [9.17, 15) is 8.42 Å². The average Bonchev–Trinajstić information content (AvgIpc) is 3.11. The lowest BCUT2D eigenvalue weighted by Gasteiger charge is -2.37. The Morgan fingerprint density at radius 2 is 1.78 bits per heavy atom. The second-order valence-electron chi connectivity index (χ2n) is 6.31. The van der Waals surface area contributed by atoms with Crippen LogP contribution in [-0.2, 0) is 10.0 Å². The molecule has 2 aromatic carbocycles. The second kappa shape index (κ2) is 7.13. The van der Waals surface area contributed by atoms with Crippen LogP contribution in [-0.4, -0.2) is 47.4 Å². The lowest BCUT2D eigenvalue weighted by atomic mass is 10.1. The Balaban J connectivity index is 1.49. The van der Waals surface area contributed by atoms with Crippen molar-refractivity contribution in [2.45, 2.75) is 17.9 Å². The Kier molecular flexibility index (Phi) is 4.67. The summed E-state index contributed by atoms with van der Waals surface area (Å²) in [4.78, 5) is 0.203. The van der Waals surface area contributed by atoms with Gasteiger partial charge in [0.2, 0.25) is 10.0 Å². The number of nitrogens with zero attached hydrogens (tertiary/aromatic N) is 4. The summed E-state index contributed by atoms with van der Waals surface area (Å²) in [5.41, 5.74) is 1.76. The Bertz CT molecular complexity index is 1030. The third-order valence-electron chi connectivity index (χ3n) is 4.55. The van der Waals surface area contributed by atoms with Crippen molar-refractivity contribution in [3.8, 4) is 17.0 Å². The van der Waals surface area contributed by atoms with E-state index in [2.05, 4.69) is 10.3 Å². The van der Waals surface area contributed by atoms with Crippen molar-refractivity contribution < 1.29 is 13.2 Å². The van der Waals surface area contributed by atoms with Crippen LogP contribution in [0, 0.1) is 0 Å². The third-order valence-corrected chi connectivity index (χ3v) is 6.42. The van der Waals surface area contributed by atoms with E-state index in [4.69, 9.17) is 4.74 Å². The fraction of sp³-hybridized carbons (Fsp3) is 0.263. The van der Waals surface area contributed by atoms with Gasteiger partial charge in [0, 0.05) is 18.7 Å². The molecular formula is C19H20N4O3S. The van der Waals surface area contributed by atoms with E-state index in [1.165, 1.54) is 4.31 Å². The van der Waals surface area contributed by atoms with Crippen LogP contribution in [0.4, 0.5) is 0 Å². The van der Waals surface area contributed by atoms with E-state index in [0.717, 1.165) is 11.3 Å². The van der Waals surface area contributed by atoms with Crippen LogP contribution in [0.5, 0.6) is 5.75 Å². The lowest BCUT2D eigenvalue weighted by molar-refractivity contribution is 0.188. The molecule has 140 valence electrons. The van der Waals surface area contributed by atoms with Crippen LogP contribution in [0.3, 0.4) is 0 Å². The molecule has 7 nitrogen and oxygen atoms in total. The largest absolute Gasteiger partial charge is 0.492 e. The maximum Gasteiger partial charge on any atom is 0.246 e. The highest BCUT2D eigenvalue weighted by Crippen LogP contribution is 2.32. The summed E-state index contributed by atoms with van der Waals surface area (Å²) in [6, 6.07) is 16.5. The Hall–Kier alpha value is -2.71. The highest BCUT2D eigenvalue weighted by atomic mass is 32.2. The number of benzene rings is 2. The molecule has 3 aromatic rings. The number of sulfonamides is 1. The normalized spacial score (nSPS) is 15.4. The van der Waals surface area contributed by atoms with Gasteiger partial charge in [-0.15, -0.1) is 5.10 Å². The van der Waals surface area contributed by atoms with Gasteiger partial charge in [-0.3, -0.25) is 0 Å². The van der Waals surface area contributed by atoms with Gasteiger partial charge in [0.1, 0.15) is 16.3 Å². The molecule has 1 aliphatic heterocycles. The summed E-state index contributed by atoms with van der Waals surface area (Å²) >= 11 is 0. The molecule has 1 aliphatic rings. The van der Waals surface area contributed by atoms with E-state index < -0.39 is 10.0 Å². The molecular weight excluding hydrogens is 364 g/mol. The van der Waals surface area contributed by atoms with Gasteiger partial charge in [-0.1, -0.05) is 47.7 Å². The molecule has 27 heavy (non-hydrogen) atoms. The summed E-state index contributed by atoms with van der Waals surface area (Å²) in [7, 11) is -3.59. The number of aromatic nitrogens is 3. The first kappa shape index (κ1) is 17.7. The van der Waals surface area contributed by atoms with Gasteiger partial charge in [-0.2, -0.15) is 4.31 Å². The summed E-state index contributed by atoms with van der Waals surface area (Å²) in [6.07, 6.45) is 1.86. The summed E-state index contributed by atoms with van der Waals surface area (Å²) < 4.78 is 34.5. The van der Waals surface area contributed by atoms with Gasteiger partial charge >= 0.3 is 0 Å². The Labute approximate surface area is 158 Å². The van der Waals surface area contributed by atoms with Crippen molar-refractivity contribution in [3.63, 3.8) is 0 Å². The van der Waals surface area contributed by atoms with Gasteiger partial charge < -0.3 is 4.74 Å². The zero-order valence-corrected chi connectivity index (χ0v) is 15.7. The average molecular weight is 384 g/mol. The number of ether oxygens (including phenoxy) is 1. The Morgan fingerprint density at radius 3 is 2.52 bits per heavy atom. The number of para-hydroxylation sites is 1. The molecule has 0 atom stereocenters. The first-order chi connectivity index (χ1) is 13.1. The molecule has 8 heteroatoms. The molecule has 1 fully saturated rings. The zero-order valence-electron chi connectivity index (χ0n) is 14.9. The lowest BCUT2D eigenvalue weighted by Crippen LogP contribution is -2.50. The Morgan fingerprint density at radius 1 is 1.07 bits per heavy atom. The molecule has 0 unspecified atom stereocenters. The summed E-state index contributed by atoms with van der Waals surface area (Å²) in [5, 5.41) is 8.37. The first-order valence-corrected chi connectivity index (χ1v) is 10.2. The molecule has 1 saturated heterocycles. The molecule has 0 spiro atoms. The minimum absolute atomic E-state index is 0.0241. The third kappa shape index (κ3) is 3.33. The van der Waals surface area contributed by atoms with E-state index in [-0.39, 0.29) is 10.9 Å². The van der Waals surface area contributed by atoms with Crippen LogP contribution in [0.2, 0.25) is 0 Å². The van der Waals surface area contributed by atoms with Crippen LogP contribution < -0.4 is 4.74 Å². The minimum Gasteiger partial charge on any atom is -0.492 e. The maximum atomic E-state index is 12.9. The first-order valence-electron chi connectivity index (χ1n) is 8.79. The zero-order chi connectivity index (χ0) is 18.9. The maximum absolute atomic E-state index is 12.9. The smallest absolute Gasteiger partial charge is 0.246 e. The van der Waals surface area contributed by atoms with Crippen LogP contribution in [0.15, 0.2) is 65.7 Å². The minimum atomic E-state index is -3.59. The van der Waals surface area contributed by atoms with Crippen molar-refractivity contribution in [3.05, 3.63) is 60.8 Å². The molecule has 0 aliphatic carbocycles. The number of rotatable bonds is 6. The van der Waals surface area contributed by atoms with E-state index >= 15 is 0 Å². The van der Waals surface area contributed by atoms with Gasteiger partial charge in [0.25, 0.3) is 0 Å². The monoisotopic (exact) mass is 384 g/mol. The quantitative estimate of drug-likeness (QED) is 0.653. The van der Waals surface area contributed by atoms with E-state index in [1.54, 1.807) is 28.9 Å². The van der Waals surface area contributed by atoms with E-state index in [1.807, 2.05) is 43.5 Å². The molecule has 0 N–H and O–H groups in total. The molecule has 0 amide bonds. The number of hydrogen-bond acceptors (Lipinski definition) is 5. The molecule has 2 heterocycles. The van der Waals surface area contributed by atoms with Crippen molar-refractivity contribution in [1.82, 2.24) is 19.3 Å². The molecule has 0 radical (unpaired) electrons. The summed E-state index contributed by atoms with van der Waals surface area (Å²) in [6.45, 7) is 2.97.